The highest BCUT2D eigenvalue weighted by Crippen LogP contribution is 2.21. The van der Waals surface area contributed by atoms with Crippen molar-refractivity contribution < 1.29 is 9.53 Å². The minimum absolute atomic E-state index is 0.103. The molecule has 0 saturated carbocycles. The van der Waals surface area contributed by atoms with Crippen LogP contribution in [0.4, 0.5) is 5.82 Å². The van der Waals surface area contributed by atoms with Crippen molar-refractivity contribution in [1.82, 2.24) is 14.8 Å². The van der Waals surface area contributed by atoms with Gasteiger partial charge in [-0.1, -0.05) is 29.8 Å². The number of nitrogens with zero attached hydrogens (tertiary/aromatic N) is 3. The molecule has 3 aromatic rings. The minimum Gasteiger partial charge on any atom is -0.478 e. The maximum Gasteiger partial charge on any atom is 0.277 e. The number of pyridine rings is 1. The van der Waals surface area contributed by atoms with Crippen LogP contribution in [0.25, 0.3) is 5.69 Å². The zero-order valence-corrected chi connectivity index (χ0v) is 14.6. The number of hydrogen-bond acceptors (Lipinski definition) is 4. The first kappa shape index (κ1) is 17.0. The molecule has 128 valence electrons. The van der Waals surface area contributed by atoms with Gasteiger partial charge in [0.25, 0.3) is 5.91 Å². The van der Waals surface area contributed by atoms with Crippen molar-refractivity contribution in [2.24, 2.45) is 0 Å². The molecule has 7 heteroatoms. The Morgan fingerprint density at radius 3 is 2.72 bits per heavy atom. The van der Waals surface area contributed by atoms with Gasteiger partial charge >= 0.3 is 0 Å². The highest BCUT2D eigenvalue weighted by atomic mass is 35.5. The van der Waals surface area contributed by atoms with E-state index >= 15 is 0 Å². The highest BCUT2D eigenvalue weighted by molar-refractivity contribution is 6.34. The summed E-state index contributed by atoms with van der Waals surface area (Å²) in [5, 5.41) is 7.49. The van der Waals surface area contributed by atoms with Gasteiger partial charge in [0.1, 0.15) is 5.82 Å². The van der Waals surface area contributed by atoms with Crippen LogP contribution < -0.4 is 10.1 Å². The molecule has 0 aliphatic carbocycles. The molecule has 0 aliphatic rings. The quantitative estimate of drug-likeness (QED) is 0.753. The second-order valence-electron chi connectivity index (χ2n) is 5.29. The van der Waals surface area contributed by atoms with E-state index < -0.39 is 5.91 Å². The Labute approximate surface area is 150 Å². The van der Waals surface area contributed by atoms with E-state index in [9.17, 15) is 4.79 Å². The van der Waals surface area contributed by atoms with Crippen molar-refractivity contribution in [2.75, 3.05) is 11.9 Å². The van der Waals surface area contributed by atoms with Crippen LogP contribution in [0.15, 0.2) is 48.5 Å². The van der Waals surface area contributed by atoms with Crippen LogP contribution in [-0.2, 0) is 0 Å². The monoisotopic (exact) mass is 356 g/mol. The van der Waals surface area contributed by atoms with Crippen molar-refractivity contribution in [3.05, 3.63) is 64.9 Å². The Morgan fingerprint density at radius 2 is 2.00 bits per heavy atom. The number of amides is 1. The molecule has 0 saturated heterocycles. The molecular weight excluding hydrogens is 340 g/mol. The number of halogens is 1. The molecule has 2 aromatic heterocycles. The topological polar surface area (TPSA) is 69.0 Å². The van der Waals surface area contributed by atoms with Gasteiger partial charge in [-0.25, -0.2) is 9.67 Å². The summed E-state index contributed by atoms with van der Waals surface area (Å²) in [5.41, 5.74) is 1.72. The van der Waals surface area contributed by atoms with E-state index in [1.807, 2.05) is 44.2 Å². The largest absolute Gasteiger partial charge is 0.478 e. The lowest BCUT2D eigenvalue weighted by Gasteiger charge is -2.10. The van der Waals surface area contributed by atoms with Gasteiger partial charge in [-0.05, 0) is 32.0 Å². The number of carbonyl (C=O) groups is 1. The fraction of sp³-hybridized carbons (Fsp3) is 0.167. The van der Waals surface area contributed by atoms with Crippen molar-refractivity contribution in [2.45, 2.75) is 13.8 Å². The maximum absolute atomic E-state index is 12.6. The molecule has 0 spiro atoms. The molecule has 1 N–H and O–H groups in total. The second-order valence-corrected chi connectivity index (χ2v) is 5.69. The first-order valence-electron chi connectivity index (χ1n) is 7.81. The van der Waals surface area contributed by atoms with E-state index in [1.165, 1.54) is 0 Å². The van der Waals surface area contributed by atoms with Crippen LogP contribution in [0.5, 0.6) is 5.88 Å². The molecule has 0 atom stereocenters. The molecule has 6 nitrogen and oxygen atoms in total. The molecule has 0 aliphatic heterocycles. The van der Waals surface area contributed by atoms with Crippen LogP contribution in [0.1, 0.15) is 23.1 Å². The summed E-state index contributed by atoms with van der Waals surface area (Å²) in [7, 11) is 0. The van der Waals surface area contributed by atoms with Crippen molar-refractivity contribution >= 4 is 23.3 Å². The number of rotatable bonds is 5. The van der Waals surface area contributed by atoms with Crippen molar-refractivity contribution in [3.8, 4) is 11.6 Å². The molecular formula is C18H17ClN4O2. The number of anilines is 1. The third kappa shape index (κ3) is 3.80. The van der Waals surface area contributed by atoms with Gasteiger partial charge in [-0.3, -0.25) is 4.79 Å². The predicted octanol–water partition coefficient (Wildman–Crippen LogP) is 3.88. The number of benzene rings is 1. The van der Waals surface area contributed by atoms with Crippen molar-refractivity contribution in [1.29, 1.82) is 0 Å². The summed E-state index contributed by atoms with van der Waals surface area (Å²) < 4.78 is 6.99. The number of carbonyl (C=O) groups excluding carboxylic acids is 1. The molecule has 0 radical (unpaired) electrons. The lowest BCUT2D eigenvalue weighted by molar-refractivity contribution is 0.102. The maximum atomic E-state index is 12.6. The fourth-order valence-electron chi connectivity index (χ4n) is 2.34. The summed E-state index contributed by atoms with van der Waals surface area (Å²) in [5.74, 6) is 0.460. The third-order valence-corrected chi connectivity index (χ3v) is 3.71. The molecule has 0 bridgehead atoms. The van der Waals surface area contributed by atoms with Gasteiger partial charge in [-0.15, -0.1) is 0 Å². The van der Waals surface area contributed by atoms with E-state index in [2.05, 4.69) is 15.4 Å². The summed E-state index contributed by atoms with van der Waals surface area (Å²) >= 11 is 6.12. The van der Waals surface area contributed by atoms with E-state index in [-0.39, 0.29) is 10.7 Å². The minimum atomic E-state index is -0.427. The Morgan fingerprint density at radius 1 is 1.24 bits per heavy atom. The molecule has 3 rings (SSSR count). The summed E-state index contributed by atoms with van der Waals surface area (Å²) in [6.45, 7) is 4.16. The van der Waals surface area contributed by atoms with Crippen LogP contribution >= 0.6 is 11.6 Å². The smallest absolute Gasteiger partial charge is 0.277 e. The average molecular weight is 357 g/mol. The van der Waals surface area contributed by atoms with Gasteiger partial charge < -0.3 is 10.1 Å². The molecule has 1 amide bonds. The lowest BCUT2D eigenvalue weighted by atomic mass is 10.3. The van der Waals surface area contributed by atoms with Gasteiger partial charge in [0.2, 0.25) is 5.88 Å². The van der Waals surface area contributed by atoms with Gasteiger partial charge in [0.05, 0.1) is 23.0 Å². The van der Waals surface area contributed by atoms with Gasteiger partial charge in [-0.2, -0.15) is 5.10 Å². The number of aryl methyl sites for hydroxylation is 1. The normalized spacial score (nSPS) is 10.5. The average Bonchev–Trinajstić information content (AvgIpc) is 2.98. The van der Waals surface area contributed by atoms with Crippen LogP contribution in [-0.4, -0.2) is 27.3 Å². The number of hydrogen-bond donors (Lipinski definition) is 1. The Bertz CT molecular complexity index is 893. The molecule has 0 fully saturated rings. The predicted molar refractivity (Wildman–Crippen MR) is 96.7 cm³/mol. The molecule has 25 heavy (non-hydrogen) atoms. The van der Waals surface area contributed by atoms with Crippen LogP contribution in [0.3, 0.4) is 0 Å². The number of ether oxygens (including phenoxy) is 1. The van der Waals surface area contributed by atoms with E-state index in [4.69, 9.17) is 16.3 Å². The van der Waals surface area contributed by atoms with Crippen molar-refractivity contribution in [3.63, 3.8) is 0 Å². The van der Waals surface area contributed by atoms with Crippen LogP contribution in [0.2, 0.25) is 5.02 Å². The second kappa shape index (κ2) is 7.36. The molecule has 1 aromatic carbocycles. The number of nitrogens with one attached hydrogen (secondary N) is 1. The Balaban J connectivity index is 1.91. The van der Waals surface area contributed by atoms with Gasteiger partial charge in [0.15, 0.2) is 5.69 Å². The number of aromatic nitrogens is 3. The Kier molecular flexibility index (Phi) is 5.00. The molecule has 0 unspecified atom stereocenters. The zero-order valence-electron chi connectivity index (χ0n) is 13.9. The lowest BCUT2D eigenvalue weighted by Crippen LogP contribution is -2.17. The molecule has 2 heterocycles. The van der Waals surface area contributed by atoms with Crippen LogP contribution in [0, 0.1) is 6.92 Å². The third-order valence-electron chi connectivity index (χ3n) is 3.40. The zero-order chi connectivity index (χ0) is 17.8. The Hall–Kier alpha value is -2.86. The fourth-order valence-corrected chi connectivity index (χ4v) is 2.53. The first-order valence-corrected chi connectivity index (χ1v) is 8.19. The summed E-state index contributed by atoms with van der Waals surface area (Å²) in [6, 6.07) is 14.5. The standard InChI is InChI=1S/C18H17ClN4O2/c1-3-25-16-10-9-14(19)17(21-16)18(24)20-15-11-12(2)22-23(15)13-7-5-4-6-8-13/h4-11H,3H2,1-2H3,(H,20,24). The SMILES string of the molecule is CCOc1ccc(Cl)c(C(=O)Nc2cc(C)nn2-c2ccccc2)n1. The van der Waals surface area contributed by atoms with Gasteiger partial charge in [0, 0.05) is 12.1 Å². The summed E-state index contributed by atoms with van der Waals surface area (Å²) in [4.78, 5) is 16.8. The van der Waals surface area contributed by atoms with E-state index in [0.29, 0.717) is 18.3 Å². The number of para-hydroxylation sites is 1. The van der Waals surface area contributed by atoms with E-state index in [0.717, 1.165) is 11.4 Å². The first-order chi connectivity index (χ1) is 12.1. The summed E-state index contributed by atoms with van der Waals surface area (Å²) in [6.07, 6.45) is 0. The highest BCUT2D eigenvalue weighted by Gasteiger charge is 2.17. The van der Waals surface area contributed by atoms with E-state index in [1.54, 1.807) is 22.9 Å².